The Morgan fingerprint density at radius 1 is 1.05 bits per heavy atom. The maximum absolute atomic E-state index is 5.63. The van der Waals surface area contributed by atoms with Crippen molar-refractivity contribution in [3.8, 4) is 11.5 Å². The Balaban J connectivity index is 1.95. The lowest BCUT2D eigenvalue weighted by Crippen LogP contribution is -2.05. The molecule has 0 amide bonds. The zero-order valence-electron chi connectivity index (χ0n) is 13.1. The van der Waals surface area contributed by atoms with Crippen molar-refractivity contribution in [3.05, 3.63) is 53.6 Å². The summed E-state index contributed by atoms with van der Waals surface area (Å²) < 4.78 is 10.9. The molecule has 2 aromatic carbocycles. The normalized spacial score (nSPS) is 10.5. The van der Waals surface area contributed by atoms with Gasteiger partial charge in [-0.3, -0.25) is 0 Å². The van der Waals surface area contributed by atoms with Gasteiger partial charge in [0.1, 0.15) is 11.5 Å². The molecule has 112 valence electrons. The molecule has 2 rings (SSSR count). The lowest BCUT2D eigenvalue weighted by molar-refractivity contribution is 0.242. The van der Waals surface area contributed by atoms with Crippen LogP contribution in [0, 0.1) is 6.92 Å². The van der Waals surface area contributed by atoms with E-state index in [0.717, 1.165) is 29.3 Å². The minimum absolute atomic E-state index is 0.200. The van der Waals surface area contributed by atoms with E-state index in [4.69, 9.17) is 9.47 Å². The summed E-state index contributed by atoms with van der Waals surface area (Å²) in [4.78, 5) is 0. The second-order valence-electron chi connectivity index (χ2n) is 5.35. The highest BCUT2D eigenvalue weighted by Crippen LogP contribution is 2.20. The summed E-state index contributed by atoms with van der Waals surface area (Å²) in [5, 5.41) is 3.41. The summed E-state index contributed by atoms with van der Waals surface area (Å²) in [5.74, 6) is 1.82. The van der Waals surface area contributed by atoms with Crippen molar-refractivity contribution >= 4 is 5.69 Å². The van der Waals surface area contributed by atoms with Gasteiger partial charge in [0.15, 0.2) is 0 Å². The van der Waals surface area contributed by atoms with Gasteiger partial charge in [0.05, 0.1) is 13.2 Å². The predicted octanol–water partition coefficient (Wildman–Crippen LogP) is 4.40. The van der Waals surface area contributed by atoms with Crippen LogP contribution in [0.4, 0.5) is 5.69 Å². The molecule has 0 atom stereocenters. The van der Waals surface area contributed by atoms with E-state index in [1.54, 1.807) is 7.11 Å². The van der Waals surface area contributed by atoms with Gasteiger partial charge in [-0.2, -0.15) is 0 Å². The average Bonchev–Trinajstić information content (AvgIpc) is 2.46. The highest BCUT2D eigenvalue weighted by atomic mass is 16.5. The zero-order valence-corrected chi connectivity index (χ0v) is 13.1. The van der Waals surface area contributed by atoms with E-state index < -0.39 is 0 Å². The Hall–Kier alpha value is -2.16. The molecule has 3 nitrogen and oxygen atoms in total. The topological polar surface area (TPSA) is 30.5 Å². The summed E-state index contributed by atoms with van der Waals surface area (Å²) in [6, 6.07) is 14.3. The number of hydrogen-bond acceptors (Lipinski definition) is 3. The summed E-state index contributed by atoms with van der Waals surface area (Å²) in [6.45, 7) is 6.89. The standard InChI is InChI=1S/C18H23NO2/c1-13(2)21-17-8-6-16(7-9-17)19-12-15-5-10-18(20-4)14(3)11-15/h5-11,13,19H,12H2,1-4H3. The third kappa shape index (κ3) is 4.42. The summed E-state index contributed by atoms with van der Waals surface area (Å²) in [6.07, 6.45) is 0.200. The van der Waals surface area contributed by atoms with E-state index >= 15 is 0 Å². The van der Waals surface area contributed by atoms with Crippen LogP contribution in [0.1, 0.15) is 25.0 Å². The third-order valence-corrected chi connectivity index (χ3v) is 3.18. The Morgan fingerprint density at radius 3 is 2.33 bits per heavy atom. The van der Waals surface area contributed by atoms with Crippen LogP contribution in [-0.4, -0.2) is 13.2 Å². The number of anilines is 1. The SMILES string of the molecule is COc1ccc(CNc2ccc(OC(C)C)cc2)cc1C. The Kier molecular flexibility index (Phi) is 5.09. The van der Waals surface area contributed by atoms with Crippen molar-refractivity contribution in [1.29, 1.82) is 0 Å². The second-order valence-corrected chi connectivity index (χ2v) is 5.35. The molecule has 3 heteroatoms. The van der Waals surface area contributed by atoms with Gasteiger partial charge in [-0.25, -0.2) is 0 Å². The monoisotopic (exact) mass is 285 g/mol. The molecule has 0 aromatic heterocycles. The van der Waals surface area contributed by atoms with Crippen LogP contribution in [0.2, 0.25) is 0 Å². The van der Waals surface area contributed by atoms with E-state index in [2.05, 4.69) is 24.4 Å². The van der Waals surface area contributed by atoms with E-state index in [-0.39, 0.29) is 6.10 Å². The molecule has 0 aliphatic carbocycles. The number of ether oxygens (including phenoxy) is 2. The third-order valence-electron chi connectivity index (χ3n) is 3.18. The van der Waals surface area contributed by atoms with E-state index in [1.165, 1.54) is 5.56 Å². The molecule has 0 bridgehead atoms. The number of benzene rings is 2. The molecule has 0 spiro atoms. The minimum atomic E-state index is 0.200. The lowest BCUT2D eigenvalue weighted by atomic mass is 10.1. The fourth-order valence-corrected chi connectivity index (χ4v) is 2.18. The fourth-order valence-electron chi connectivity index (χ4n) is 2.18. The van der Waals surface area contributed by atoms with Crippen molar-refractivity contribution < 1.29 is 9.47 Å². The van der Waals surface area contributed by atoms with Gasteiger partial charge in [-0.1, -0.05) is 12.1 Å². The summed E-state index contributed by atoms with van der Waals surface area (Å²) in [5.41, 5.74) is 3.47. The molecular formula is C18H23NO2. The first kappa shape index (κ1) is 15.2. The van der Waals surface area contributed by atoms with E-state index in [1.807, 2.05) is 44.2 Å². The average molecular weight is 285 g/mol. The van der Waals surface area contributed by atoms with Crippen LogP contribution >= 0.6 is 0 Å². The highest BCUT2D eigenvalue weighted by molar-refractivity contribution is 5.47. The quantitative estimate of drug-likeness (QED) is 0.853. The second kappa shape index (κ2) is 7.02. The fraction of sp³-hybridized carbons (Fsp3) is 0.333. The van der Waals surface area contributed by atoms with Gasteiger partial charge in [0.2, 0.25) is 0 Å². The molecule has 21 heavy (non-hydrogen) atoms. The molecule has 0 aliphatic heterocycles. The minimum Gasteiger partial charge on any atom is -0.496 e. The number of aryl methyl sites for hydroxylation is 1. The Bertz CT molecular complexity index is 576. The number of rotatable bonds is 6. The molecule has 1 N–H and O–H groups in total. The first-order chi connectivity index (χ1) is 10.1. The lowest BCUT2D eigenvalue weighted by Gasteiger charge is -2.12. The molecule has 0 unspecified atom stereocenters. The highest BCUT2D eigenvalue weighted by Gasteiger charge is 2.01. The Morgan fingerprint density at radius 2 is 1.76 bits per heavy atom. The molecule has 0 saturated heterocycles. The smallest absolute Gasteiger partial charge is 0.121 e. The maximum atomic E-state index is 5.63. The maximum Gasteiger partial charge on any atom is 0.121 e. The molecule has 0 fully saturated rings. The van der Waals surface area contributed by atoms with Gasteiger partial charge in [0.25, 0.3) is 0 Å². The van der Waals surface area contributed by atoms with E-state index in [9.17, 15) is 0 Å². The number of nitrogens with one attached hydrogen (secondary N) is 1. The first-order valence-corrected chi connectivity index (χ1v) is 7.22. The largest absolute Gasteiger partial charge is 0.496 e. The molecular weight excluding hydrogens is 262 g/mol. The first-order valence-electron chi connectivity index (χ1n) is 7.22. The van der Waals surface area contributed by atoms with Crippen LogP contribution in [0.15, 0.2) is 42.5 Å². The molecule has 0 saturated carbocycles. The molecule has 0 aliphatic rings. The van der Waals surface area contributed by atoms with Crippen LogP contribution < -0.4 is 14.8 Å². The van der Waals surface area contributed by atoms with Crippen molar-refractivity contribution in [2.24, 2.45) is 0 Å². The summed E-state index contributed by atoms with van der Waals surface area (Å²) >= 11 is 0. The van der Waals surface area contributed by atoms with Crippen molar-refractivity contribution in [3.63, 3.8) is 0 Å². The Labute approximate surface area is 126 Å². The van der Waals surface area contributed by atoms with Crippen LogP contribution in [0.25, 0.3) is 0 Å². The van der Waals surface area contributed by atoms with Gasteiger partial charge < -0.3 is 14.8 Å². The van der Waals surface area contributed by atoms with Crippen molar-refractivity contribution in [1.82, 2.24) is 0 Å². The van der Waals surface area contributed by atoms with Gasteiger partial charge in [-0.15, -0.1) is 0 Å². The van der Waals surface area contributed by atoms with E-state index in [0.29, 0.717) is 0 Å². The number of methoxy groups -OCH3 is 1. The zero-order chi connectivity index (χ0) is 15.2. The van der Waals surface area contributed by atoms with Crippen LogP contribution in [0.5, 0.6) is 11.5 Å². The molecule has 0 radical (unpaired) electrons. The van der Waals surface area contributed by atoms with Crippen LogP contribution in [-0.2, 0) is 6.54 Å². The van der Waals surface area contributed by atoms with Gasteiger partial charge >= 0.3 is 0 Å². The predicted molar refractivity (Wildman–Crippen MR) is 87.3 cm³/mol. The van der Waals surface area contributed by atoms with Gasteiger partial charge in [0, 0.05) is 12.2 Å². The number of hydrogen-bond donors (Lipinski definition) is 1. The van der Waals surface area contributed by atoms with Crippen LogP contribution in [0.3, 0.4) is 0 Å². The molecule has 2 aromatic rings. The molecule has 0 heterocycles. The summed E-state index contributed by atoms with van der Waals surface area (Å²) in [7, 11) is 1.70. The van der Waals surface area contributed by atoms with Crippen molar-refractivity contribution in [2.45, 2.75) is 33.4 Å². The van der Waals surface area contributed by atoms with Crippen molar-refractivity contribution in [2.75, 3.05) is 12.4 Å². The van der Waals surface area contributed by atoms with Gasteiger partial charge in [-0.05, 0) is 62.2 Å².